The number of carbonyl (C=O) groups is 1. The molecule has 0 unspecified atom stereocenters. The van der Waals surface area contributed by atoms with E-state index < -0.39 is 0 Å². The van der Waals surface area contributed by atoms with Gasteiger partial charge in [-0.1, -0.05) is 12.1 Å². The molecule has 0 bridgehead atoms. The molecule has 2 rings (SSSR count). The summed E-state index contributed by atoms with van der Waals surface area (Å²) in [6, 6.07) is 7.73. The zero-order chi connectivity index (χ0) is 17.5. The smallest absolute Gasteiger partial charge is 0.258 e. The summed E-state index contributed by atoms with van der Waals surface area (Å²) in [6.07, 6.45) is 1.68. The Labute approximate surface area is 142 Å². The average molecular weight is 330 g/mol. The van der Waals surface area contributed by atoms with E-state index in [-0.39, 0.29) is 11.5 Å². The number of fused-ring (bicyclic) bond motifs is 1. The maximum Gasteiger partial charge on any atom is 0.258 e. The quantitative estimate of drug-likeness (QED) is 0.772. The van der Waals surface area contributed by atoms with Gasteiger partial charge < -0.3 is 15.2 Å². The van der Waals surface area contributed by atoms with Gasteiger partial charge in [0.25, 0.3) is 5.56 Å². The number of amides is 1. The number of nitrogens with one attached hydrogen (secondary N) is 2. The summed E-state index contributed by atoms with van der Waals surface area (Å²) in [7, 11) is 2.04. The van der Waals surface area contributed by atoms with E-state index in [0.717, 1.165) is 6.54 Å². The SMILES string of the molecule is CC(C)N(C)CCNC(=O)CCCc1nc2ccccc2c(=O)[nH]1. The first kappa shape index (κ1) is 18.1. The molecule has 2 N–H and O–H groups in total. The van der Waals surface area contributed by atoms with Gasteiger partial charge in [0.15, 0.2) is 0 Å². The summed E-state index contributed by atoms with van der Waals surface area (Å²) in [6.45, 7) is 5.74. The normalized spacial score (nSPS) is 11.4. The fourth-order valence-electron chi connectivity index (χ4n) is 2.39. The van der Waals surface area contributed by atoms with Gasteiger partial charge in [-0.25, -0.2) is 4.98 Å². The van der Waals surface area contributed by atoms with Crippen LogP contribution in [0.1, 0.15) is 32.5 Å². The van der Waals surface area contributed by atoms with Gasteiger partial charge in [-0.05, 0) is 39.4 Å². The maximum absolute atomic E-state index is 12.0. The van der Waals surface area contributed by atoms with Crippen LogP contribution in [-0.4, -0.2) is 47.0 Å². The highest BCUT2D eigenvalue weighted by Crippen LogP contribution is 2.07. The summed E-state index contributed by atoms with van der Waals surface area (Å²) in [4.78, 5) is 33.2. The van der Waals surface area contributed by atoms with E-state index in [1.54, 1.807) is 6.07 Å². The number of rotatable bonds is 8. The third-order valence-electron chi connectivity index (χ3n) is 4.15. The summed E-state index contributed by atoms with van der Waals surface area (Å²) in [5, 5.41) is 3.51. The molecule has 130 valence electrons. The molecule has 1 aromatic carbocycles. The van der Waals surface area contributed by atoms with Crippen LogP contribution in [0.4, 0.5) is 0 Å². The molecule has 0 atom stereocenters. The lowest BCUT2D eigenvalue weighted by Gasteiger charge is -2.20. The van der Waals surface area contributed by atoms with Gasteiger partial charge in [-0.15, -0.1) is 0 Å². The van der Waals surface area contributed by atoms with Crippen LogP contribution >= 0.6 is 0 Å². The molecule has 0 aliphatic heterocycles. The van der Waals surface area contributed by atoms with Gasteiger partial charge in [-0.3, -0.25) is 9.59 Å². The number of hydrogen-bond acceptors (Lipinski definition) is 4. The second-order valence-corrected chi connectivity index (χ2v) is 6.31. The van der Waals surface area contributed by atoms with Crippen molar-refractivity contribution in [3.8, 4) is 0 Å². The van der Waals surface area contributed by atoms with Crippen LogP contribution in [-0.2, 0) is 11.2 Å². The van der Waals surface area contributed by atoms with Gasteiger partial charge in [-0.2, -0.15) is 0 Å². The highest BCUT2D eigenvalue weighted by atomic mass is 16.1. The summed E-state index contributed by atoms with van der Waals surface area (Å²) >= 11 is 0. The van der Waals surface area contributed by atoms with Crippen molar-refractivity contribution in [2.75, 3.05) is 20.1 Å². The summed E-state index contributed by atoms with van der Waals surface area (Å²) < 4.78 is 0. The van der Waals surface area contributed by atoms with Crippen LogP contribution in [0.25, 0.3) is 10.9 Å². The topological polar surface area (TPSA) is 78.1 Å². The predicted molar refractivity (Wildman–Crippen MR) is 96.1 cm³/mol. The van der Waals surface area contributed by atoms with E-state index in [4.69, 9.17) is 0 Å². The van der Waals surface area contributed by atoms with Crippen LogP contribution in [0, 0.1) is 0 Å². The minimum atomic E-state index is -0.128. The van der Waals surface area contributed by atoms with Crippen molar-refractivity contribution < 1.29 is 4.79 Å². The van der Waals surface area contributed by atoms with Crippen LogP contribution in [0.15, 0.2) is 29.1 Å². The first-order valence-electron chi connectivity index (χ1n) is 8.42. The lowest BCUT2D eigenvalue weighted by molar-refractivity contribution is -0.121. The van der Waals surface area contributed by atoms with E-state index in [1.807, 2.05) is 25.2 Å². The van der Waals surface area contributed by atoms with E-state index in [2.05, 4.69) is 34.0 Å². The van der Waals surface area contributed by atoms with Gasteiger partial charge in [0.1, 0.15) is 5.82 Å². The monoisotopic (exact) mass is 330 g/mol. The number of para-hydroxylation sites is 1. The first-order chi connectivity index (χ1) is 11.5. The number of aryl methyl sites for hydroxylation is 1. The molecule has 2 aromatic rings. The van der Waals surface area contributed by atoms with E-state index in [1.165, 1.54) is 0 Å². The first-order valence-corrected chi connectivity index (χ1v) is 8.42. The number of nitrogens with zero attached hydrogens (tertiary/aromatic N) is 2. The number of hydrogen-bond donors (Lipinski definition) is 2. The summed E-state index contributed by atoms with van der Waals surface area (Å²) in [5.41, 5.74) is 0.564. The van der Waals surface area contributed by atoms with Crippen molar-refractivity contribution in [2.24, 2.45) is 0 Å². The van der Waals surface area contributed by atoms with E-state index >= 15 is 0 Å². The Morgan fingerprint density at radius 1 is 1.33 bits per heavy atom. The van der Waals surface area contributed by atoms with Gasteiger partial charge in [0, 0.05) is 32.0 Å². The van der Waals surface area contributed by atoms with Crippen molar-refractivity contribution in [3.05, 3.63) is 40.4 Å². The van der Waals surface area contributed by atoms with Crippen molar-refractivity contribution in [2.45, 2.75) is 39.2 Å². The Morgan fingerprint density at radius 2 is 2.08 bits per heavy atom. The largest absolute Gasteiger partial charge is 0.355 e. The van der Waals surface area contributed by atoms with Crippen molar-refractivity contribution >= 4 is 16.8 Å². The molecule has 6 heteroatoms. The molecule has 1 heterocycles. The molecule has 0 saturated carbocycles. The Balaban J connectivity index is 1.78. The fourth-order valence-corrected chi connectivity index (χ4v) is 2.39. The molecule has 0 saturated heterocycles. The maximum atomic E-state index is 12.0. The lowest BCUT2D eigenvalue weighted by Crippen LogP contribution is -2.36. The summed E-state index contributed by atoms with van der Waals surface area (Å²) in [5.74, 6) is 0.668. The molecule has 1 aromatic heterocycles. The number of aromatic nitrogens is 2. The average Bonchev–Trinajstić information content (AvgIpc) is 2.54. The Morgan fingerprint density at radius 3 is 2.83 bits per heavy atom. The lowest BCUT2D eigenvalue weighted by atomic mass is 10.2. The Kier molecular flexibility index (Phi) is 6.49. The van der Waals surface area contributed by atoms with Crippen LogP contribution in [0.5, 0.6) is 0 Å². The third kappa shape index (κ3) is 5.16. The molecule has 0 aliphatic carbocycles. The van der Waals surface area contributed by atoms with Crippen molar-refractivity contribution in [3.63, 3.8) is 0 Å². The fraction of sp³-hybridized carbons (Fsp3) is 0.500. The Bertz CT molecular complexity index is 739. The second kappa shape index (κ2) is 8.59. The third-order valence-corrected chi connectivity index (χ3v) is 4.15. The van der Waals surface area contributed by atoms with Crippen LogP contribution < -0.4 is 10.9 Å². The van der Waals surface area contributed by atoms with Gasteiger partial charge >= 0.3 is 0 Å². The number of carbonyl (C=O) groups excluding carboxylic acids is 1. The van der Waals surface area contributed by atoms with Gasteiger partial charge in [0.05, 0.1) is 10.9 Å². The second-order valence-electron chi connectivity index (χ2n) is 6.31. The predicted octanol–water partition coefficient (Wildman–Crippen LogP) is 1.70. The number of benzene rings is 1. The van der Waals surface area contributed by atoms with E-state index in [9.17, 15) is 9.59 Å². The van der Waals surface area contributed by atoms with Crippen LogP contribution in [0.2, 0.25) is 0 Å². The molecule has 1 amide bonds. The van der Waals surface area contributed by atoms with Gasteiger partial charge in [0.2, 0.25) is 5.91 Å². The zero-order valence-electron chi connectivity index (χ0n) is 14.6. The molecular weight excluding hydrogens is 304 g/mol. The number of aromatic amines is 1. The molecule has 0 aliphatic rings. The molecular formula is C18H26N4O2. The van der Waals surface area contributed by atoms with Crippen molar-refractivity contribution in [1.82, 2.24) is 20.2 Å². The number of likely N-dealkylation sites (N-methyl/N-ethyl adjacent to an activating group) is 1. The highest BCUT2D eigenvalue weighted by Gasteiger charge is 2.07. The molecule has 0 spiro atoms. The Hall–Kier alpha value is -2.21. The van der Waals surface area contributed by atoms with E-state index in [0.29, 0.717) is 48.6 Å². The molecule has 0 fully saturated rings. The minimum absolute atomic E-state index is 0.0373. The standard InChI is InChI=1S/C18H26N4O2/c1-13(2)22(3)12-11-19-17(23)10-6-9-16-20-15-8-5-4-7-14(15)18(24)21-16/h4-5,7-8,13H,6,9-12H2,1-3H3,(H,19,23)(H,20,21,24). The van der Waals surface area contributed by atoms with Crippen molar-refractivity contribution in [1.29, 1.82) is 0 Å². The molecule has 24 heavy (non-hydrogen) atoms. The molecule has 0 radical (unpaired) electrons. The minimum Gasteiger partial charge on any atom is -0.355 e. The number of H-pyrrole nitrogens is 1. The highest BCUT2D eigenvalue weighted by molar-refractivity contribution is 5.77. The van der Waals surface area contributed by atoms with Crippen LogP contribution in [0.3, 0.4) is 0 Å². The zero-order valence-corrected chi connectivity index (χ0v) is 14.6. The molecule has 6 nitrogen and oxygen atoms in total.